The molecule has 2 saturated heterocycles. The second-order valence-electron chi connectivity index (χ2n) is 21.3. The minimum atomic E-state index is -1.77. The lowest BCUT2D eigenvalue weighted by Crippen LogP contribution is -2.53. The molecule has 1 aromatic heterocycles. The summed E-state index contributed by atoms with van der Waals surface area (Å²) in [5.41, 5.74) is 6.36. The molecule has 2 fully saturated rings. The molecular formula is C60H83N9O13. The van der Waals surface area contributed by atoms with Crippen molar-refractivity contribution in [3.8, 4) is 11.3 Å². The number of aliphatic hydroxyl groups is 5. The third-order valence-corrected chi connectivity index (χ3v) is 15.4. The van der Waals surface area contributed by atoms with Crippen LogP contribution in [0, 0.1) is 0 Å². The molecule has 5 atom stereocenters. The molecule has 7 N–H and O–H groups in total. The zero-order chi connectivity index (χ0) is 58.5. The van der Waals surface area contributed by atoms with Gasteiger partial charge in [0.1, 0.15) is 24.4 Å². The van der Waals surface area contributed by atoms with Crippen molar-refractivity contribution >= 4 is 41.0 Å². The van der Waals surface area contributed by atoms with E-state index in [1.165, 1.54) is 23.9 Å². The molecule has 22 nitrogen and oxygen atoms in total. The first-order valence-corrected chi connectivity index (χ1v) is 28.6. The highest BCUT2D eigenvalue weighted by Gasteiger charge is 2.32. The maximum atomic E-state index is 14.1. The van der Waals surface area contributed by atoms with Gasteiger partial charge < -0.3 is 74.9 Å². The molecule has 4 aromatic rings. The minimum absolute atomic E-state index is 0.00530. The van der Waals surface area contributed by atoms with Gasteiger partial charge in [-0.3, -0.25) is 29.1 Å². The number of hydrogen-bond donors (Lipinski definition) is 7. The summed E-state index contributed by atoms with van der Waals surface area (Å²) in [6.07, 6.45) is 1.15. The monoisotopic (exact) mass is 1140 g/mol. The van der Waals surface area contributed by atoms with Crippen LogP contribution in [0.3, 0.4) is 0 Å². The van der Waals surface area contributed by atoms with Gasteiger partial charge in [0.2, 0.25) is 5.91 Å². The van der Waals surface area contributed by atoms with Crippen LogP contribution in [0.4, 0.5) is 16.2 Å². The van der Waals surface area contributed by atoms with E-state index in [1.807, 2.05) is 30.3 Å². The normalized spacial score (nSPS) is 17.0. The first-order chi connectivity index (χ1) is 39.6. The molecule has 82 heavy (non-hydrogen) atoms. The van der Waals surface area contributed by atoms with E-state index >= 15 is 0 Å². The first-order valence-electron chi connectivity index (χ1n) is 28.6. The largest absolute Gasteiger partial charge is 0.394 e. The summed E-state index contributed by atoms with van der Waals surface area (Å²) >= 11 is 0. The van der Waals surface area contributed by atoms with Gasteiger partial charge >= 0.3 is 6.03 Å². The SMILES string of the molecule is CN(C[C@H](O)[C@@H](O)[C@H](O)[C@H](O)CO)C(=O)CCOCCOCCOCCN(C)C(=O)N1CCN(CCN(C)C(=O)c2cccc(C(=O)Nc3ccc(N4CCCCC4)cc3-c3cc(C(=O)N[C@H]4CCCc5ccccc54)ccn3)c2)CC1. The van der Waals surface area contributed by atoms with Crippen LogP contribution in [-0.2, 0) is 25.4 Å². The van der Waals surface area contributed by atoms with Crippen molar-refractivity contribution in [2.75, 3.05) is 143 Å². The molecule has 0 radical (unpaired) electrons. The number of carbonyl (C=O) groups excluding carboxylic acids is 5. The second kappa shape index (κ2) is 31.7. The van der Waals surface area contributed by atoms with E-state index in [-0.39, 0.29) is 68.5 Å². The molecule has 0 bridgehead atoms. The number of urea groups is 1. The van der Waals surface area contributed by atoms with Crippen molar-refractivity contribution in [3.63, 3.8) is 0 Å². The number of aryl methyl sites for hydroxylation is 1. The number of anilines is 2. The summed E-state index contributed by atoms with van der Waals surface area (Å²) in [7, 11) is 4.89. The molecule has 0 saturated carbocycles. The van der Waals surface area contributed by atoms with Gasteiger partial charge in [-0.25, -0.2) is 4.79 Å². The summed E-state index contributed by atoms with van der Waals surface area (Å²) in [6, 6.07) is 24.2. The lowest BCUT2D eigenvalue weighted by Gasteiger charge is -2.37. The molecule has 7 rings (SSSR count). The van der Waals surface area contributed by atoms with Gasteiger partial charge in [-0.1, -0.05) is 30.3 Å². The van der Waals surface area contributed by atoms with Crippen molar-refractivity contribution in [1.82, 2.24) is 34.8 Å². The van der Waals surface area contributed by atoms with Crippen LogP contribution >= 0.6 is 0 Å². The standard InChI is InChI=1S/C60H83N9O13/c1-64(24-25-67-26-28-69(29-27-67)60(79)65(2)30-32-81-34-36-82-35-33-80-31-20-54(73)66(3)40-52(71)55(74)56(75)53(72)41-70)59(78)45-14-9-13-43(37-45)57(76)63-50-18-17-46(68-22-7-4-8-23-68)39-48(50)51-38-44(19-21-61-51)58(77)62-49-16-10-12-42-11-5-6-15-47(42)49/h5-6,9,11,13-15,17-19,21,37-39,49,52-53,55-56,70-72,74-75H,4,7-8,10,12,16,20,22-36,40-41H2,1-3H3,(H,62,77)(H,63,76)/t49-,52-,53+,55+,56+/m0/s1. The van der Waals surface area contributed by atoms with Crippen molar-refractivity contribution in [2.24, 2.45) is 0 Å². The summed E-state index contributed by atoms with van der Waals surface area (Å²) in [5, 5.41) is 54.6. The highest BCUT2D eigenvalue weighted by Crippen LogP contribution is 2.34. The minimum Gasteiger partial charge on any atom is -0.394 e. The maximum Gasteiger partial charge on any atom is 0.319 e. The maximum absolute atomic E-state index is 14.1. The Morgan fingerprint density at radius 3 is 2.10 bits per heavy atom. The average molecular weight is 1140 g/mol. The molecule has 6 amide bonds. The zero-order valence-electron chi connectivity index (χ0n) is 47.6. The van der Waals surface area contributed by atoms with E-state index in [0.717, 1.165) is 56.4 Å². The predicted molar refractivity (Wildman–Crippen MR) is 309 cm³/mol. The lowest BCUT2D eigenvalue weighted by atomic mass is 9.87. The average Bonchev–Trinajstić information content (AvgIpc) is 3.71. The number of hydrogen-bond acceptors (Lipinski definition) is 16. The van der Waals surface area contributed by atoms with Crippen LogP contribution in [-0.4, -0.2) is 242 Å². The van der Waals surface area contributed by atoms with Crippen LogP contribution in [0.25, 0.3) is 11.3 Å². The van der Waals surface area contributed by atoms with Gasteiger partial charge in [-0.15, -0.1) is 0 Å². The molecular weight excluding hydrogens is 1050 g/mol. The number of rotatable bonds is 28. The number of fused-ring (bicyclic) bond motifs is 1. The Morgan fingerprint density at radius 2 is 1.35 bits per heavy atom. The zero-order valence-corrected chi connectivity index (χ0v) is 47.6. The molecule has 22 heteroatoms. The van der Waals surface area contributed by atoms with Crippen LogP contribution in [0.1, 0.15) is 86.8 Å². The number of piperazine rings is 1. The third kappa shape index (κ3) is 18.0. The van der Waals surface area contributed by atoms with E-state index in [9.17, 15) is 44.4 Å². The van der Waals surface area contributed by atoms with Crippen molar-refractivity contribution < 1.29 is 63.7 Å². The molecule has 3 aromatic carbocycles. The molecule has 0 spiro atoms. The Labute approximate surface area is 480 Å². The second-order valence-corrected chi connectivity index (χ2v) is 21.3. The fourth-order valence-corrected chi connectivity index (χ4v) is 10.3. The molecule has 0 unspecified atom stereocenters. The fourth-order valence-electron chi connectivity index (χ4n) is 10.3. The fraction of sp³-hybridized carbons (Fsp3) is 0.533. The molecule has 3 aliphatic rings. The van der Waals surface area contributed by atoms with Crippen molar-refractivity contribution in [2.45, 2.75) is 75.4 Å². The van der Waals surface area contributed by atoms with E-state index < -0.39 is 31.0 Å². The van der Waals surface area contributed by atoms with E-state index in [4.69, 9.17) is 24.3 Å². The topological polar surface area (TPSA) is 271 Å². The Bertz CT molecular complexity index is 2720. The van der Waals surface area contributed by atoms with Crippen LogP contribution in [0.2, 0.25) is 0 Å². The molecule has 2 aliphatic heterocycles. The van der Waals surface area contributed by atoms with E-state index in [0.29, 0.717) is 99.3 Å². The number of carbonyl (C=O) groups is 5. The Kier molecular flexibility index (Phi) is 24.4. The third-order valence-electron chi connectivity index (χ3n) is 15.4. The number of aromatic nitrogens is 1. The summed E-state index contributed by atoms with van der Waals surface area (Å²) in [5.74, 6) is -1.17. The number of benzene rings is 3. The van der Waals surface area contributed by atoms with Crippen molar-refractivity contribution in [1.29, 1.82) is 0 Å². The van der Waals surface area contributed by atoms with Gasteiger partial charge in [-0.05, 0) is 98.2 Å². The number of ether oxygens (including phenoxy) is 3. The highest BCUT2D eigenvalue weighted by atomic mass is 16.5. The predicted octanol–water partition coefficient (Wildman–Crippen LogP) is 2.87. The number of amides is 6. The van der Waals surface area contributed by atoms with Gasteiger partial charge in [0.25, 0.3) is 17.7 Å². The Morgan fingerprint density at radius 1 is 0.671 bits per heavy atom. The molecule has 3 heterocycles. The van der Waals surface area contributed by atoms with Crippen LogP contribution in [0.5, 0.6) is 0 Å². The number of piperidine rings is 1. The number of nitrogens with zero attached hydrogens (tertiary/aromatic N) is 7. The Balaban J connectivity index is 0.801. The van der Waals surface area contributed by atoms with E-state index in [2.05, 4.69) is 32.6 Å². The summed E-state index contributed by atoms with van der Waals surface area (Å²) in [4.78, 5) is 82.8. The van der Waals surface area contributed by atoms with Gasteiger partial charge in [0, 0.05) is 121 Å². The number of aliphatic hydroxyl groups excluding tert-OH is 5. The number of likely N-dealkylation sites (N-methyl/N-ethyl adjacent to an activating group) is 3. The van der Waals surface area contributed by atoms with E-state index in [1.54, 1.807) is 71.4 Å². The first kappa shape index (κ1) is 63.0. The lowest BCUT2D eigenvalue weighted by molar-refractivity contribution is -0.139. The summed E-state index contributed by atoms with van der Waals surface area (Å²) in [6.45, 7) is 6.07. The number of pyridine rings is 1. The smallest absolute Gasteiger partial charge is 0.319 e. The van der Waals surface area contributed by atoms with Crippen LogP contribution < -0.4 is 15.5 Å². The quantitative estimate of drug-likeness (QED) is 0.0403. The van der Waals surface area contributed by atoms with Gasteiger partial charge in [0.05, 0.1) is 70.1 Å². The molecule has 1 aliphatic carbocycles. The van der Waals surface area contributed by atoms with Gasteiger partial charge in [0.15, 0.2) is 0 Å². The Hall–Kier alpha value is -6.60. The van der Waals surface area contributed by atoms with Crippen molar-refractivity contribution in [3.05, 3.63) is 113 Å². The highest BCUT2D eigenvalue weighted by molar-refractivity contribution is 6.08. The molecule has 446 valence electrons. The van der Waals surface area contributed by atoms with Gasteiger partial charge in [-0.2, -0.15) is 0 Å². The number of nitrogens with one attached hydrogen (secondary N) is 2. The van der Waals surface area contributed by atoms with Crippen LogP contribution in [0.15, 0.2) is 85.1 Å². The summed E-state index contributed by atoms with van der Waals surface area (Å²) < 4.78 is 16.6.